The third-order valence-electron chi connectivity index (χ3n) is 2.34. The molecule has 1 amide bonds. The summed E-state index contributed by atoms with van der Waals surface area (Å²) in [6.45, 7) is 3.85. The zero-order chi connectivity index (χ0) is 14.3. The van der Waals surface area contributed by atoms with Gasteiger partial charge in [0.2, 0.25) is 5.91 Å². The average Bonchev–Trinajstić information content (AvgIpc) is 2.27. The third-order valence-corrected chi connectivity index (χ3v) is 2.34. The van der Waals surface area contributed by atoms with E-state index in [1.807, 2.05) is 19.9 Å². The van der Waals surface area contributed by atoms with E-state index in [9.17, 15) is 9.59 Å². The average molecular weight is 264 g/mol. The number of anilines is 1. The summed E-state index contributed by atoms with van der Waals surface area (Å²) in [6.07, 6.45) is 0.345. The zero-order valence-corrected chi connectivity index (χ0v) is 11.3. The van der Waals surface area contributed by atoms with Gasteiger partial charge in [-0.25, -0.2) is 0 Å². The Bertz CT molecular complexity index is 444. The molecule has 1 aromatic rings. The summed E-state index contributed by atoms with van der Waals surface area (Å²) in [5.74, 6) is -0.477. The number of ether oxygens (including phenoxy) is 1. The van der Waals surface area contributed by atoms with Crippen molar-refractivity contribution in [2.45, 2.75) is 32.7 Å². The summed E-state index contributed by atoms with van der Waals surface area (Å²) in [5, 5.41) is 2.73. The van der Waals surface area contributed by atoms with Crippen molar-refractivity contribution in [3.05, 3.63) is 29.8 Å². The van der Waals surface area contributed by atoms with Crippen LogP contribution in [0.25, 0.3) is 0 Å². The molecule has 5 nitrogen and oxygen atoms in total. The number of rotatable bonds is 6. The van der Waals surface area contributed by atoms with Crippen molar-refractivity contribution in [2.24, 2.45) is 0 Å². The van der Waals surface area contributed by atoms with E-state index in [0.29, 0.717) is 5.69 Å². The van der Waals surface area contributed by atoms with Crippen LogP contribution < -0.4 is 11.1 Å². The van der Waals surface area contributed by atoms with E-state index < -0.39 is 0 Å². The van der Waals surface area contributed by atoms with Gasteiger partial charge in [0.05, 0.1) is 12.8 Å². The van der Waals surface area contributed by atoms with Gasteiger partial charge in [-0.3, -0.25) is 9.59 Å². The summed E-state index contributed by atoms with van der Waals surface area (Å²) < 4.78 is 5.00. The molecule has 5 heteroatoms. The van der Waals surface area contributed by atoms with Gasteiger partial charge >= 0.3 is 5.97 Å². The van der Waals surface area contributed by atoms with Crippen LogP contribution in [0.15, 0.2) is 24.3 Å². The van der Waals surface area contributed by atoms with E-state index in [2.05, 4.69) is 5.32 Å². The molecule has 3 N–H and O–H groups in total. The van der Waals surface area contributed by atoms with Gasteiger partial charge in [0.15, 0.2) is 0 Å². The summed E-state index contributed by atoms with van der Waals surface area (Å²) in [4.78, 5) is 22.9. The number of nitrogens with two attached hydrogens (primary N) is 1. The molecule has 19 heavy (non-hydrogen) atoms. The molecule has 0 bridgehead atoms. The van der Waals surface area contributed by atoms with Crippen molar-refractivity contribution in [1.29, 1.82) is 0 Å². The van der Waals surface area contributed by atoms with Crippen molar-refractivity contribution in [3.8, 4) is 0 Å². The van der Waals surface area contributed by atoms with Gasteiger partial charge in [0.1, 0.15) is 6.61 Å². The highest BCUT2D eigenvalue weighted by molar-refractivity contribution is 5.77. The molecule has 0 saturated heterocycles. The summed E-state index contributed by atoms with van der Waals surface area (Å²) in [5.41, 5.74) is 7.03. The molecule has 0 heterocycles. The molecule has 1 aromatic carbocycles. The van der Waals surface area contributed by atoms with Gasteiger partial charge in [-0.05, 0) is 31.5 Å². The minimum Gasteiger partial charge on any atom is -0.465 e. The number of carbonyl (C=O) groups excluding carboxylic acids is 2. The molecule has 1 rings (SSSR count). The molecule has 0 fully saturated rings. The molecule has 0 aliphatic carbocycles. The number of nitrogens with one attached hydrogen (secondary N) is 1. The van der Waals surface area contributed by atoms with Crippen LogP contribution in [0.4, 0.5) is 5.69 Å². The van der Waals surface area contributed by atoms with Crippen molar-refractivity contribution < 1.29 is 14.3 Å². The lowest BCUT2D eigenvalue weighted by atomic mass is 10.1. The predicted molar refractivity (Wildman–Crippen MR) is 73.4 cm³/mol. The van der Waals surface area contributed by atoms with Gasteiger partial charge in [-0.15, -0.1) is 0 Å². The lowest BCUT2D eigenvalue weighted by Crippen LogP contribution is -2.31. The van der Waals surface area contributed by atoms with Gasteiger partial charge in [0.25, 0.3) is 0 Å². The maximum atomic E-state index is 11.5. The van der Waals surface area contributed by atoms with E-state index >= 15 is 0 Å². The fourth-order valence-corrected chi connectivity index (χ4v) is 1.57. The SMILES string of the molecule is CC(C)NC(=O)CCOC(=O)Cc1cccc(N)c1. The minimum absolute atomic E-state index is 0.0931. The van der Waals surface area contributed by atoms with Crippen LogP contribution >= 0.6 is 0 Å². The van der Waals surface area contributed by atoms with Gasteiger partial charge in [-0.2, -0.15) is 0 Å². The minimum atomic E-state index is -0.358. The maximum Gasteiger partial charge on any atom is 0.310 e. The van der Waals surface area contributed by atoms with Crippen LogP contribution in [0.3, 0.4) is 0 Å². The zero-order valence-electron chi connectivity index (χ0n) is 11.3. The molecule has 0 radical (unpaired) electrons. The Morgan fingerprint density at radius 2 is 2.11 bits per heavy atom. The highest BCUT2D eigenvalue weighted by Crippen LogP contribution is 2.07. The molecule has 0 aliphatic rings. The number of amides is 1. The number of hydrogen-bond acceptors (Lipinski definition) is 4. The predicted octanol–water partition coefficient (Wildman–Crippen LogP) is 1.27. The highest BCUT2D eigenvalue weighted by atomic mass is 16.5. The van der Waals surface area contributed by atoms with Crippen molar-refractivity contribution in [2.75, 3.05) is 12.3 Å². The lowest BCUT2D eigenvalue weighted by Gasteiger charge is -2.08. The molecular formula is C14H20N2O3. The van der Waals surface area contributed by atoms with E-state index in [-0.39, 0.29) is 37.4 Å². The Labute approximate surface area is 113 Å². The topological polar surface area (TPSA) is 81.4 Å². The molecule has 0 spiro atoms. The Morgan fingerprint density at radius 1 is 1.37 bits per heavy atom. The lowest BCUT2D eigenvalue weighted by molar-refractivity contribution is -0.143. The van der Waals surface area contributed by atoms with Gasteiger partial charge in [-0.1, -0.05) is 12.1 Å². The maximum absolute atomic E-state index is 11.5. The van der Waals surface area contributed by atoms with E-state index in [1.165, 1.54) is 0 Å². The monoisotopic (exact) mass is 264 g/mol. The number of hydrogen-bond donors (Lipinski definition) is 2. The van der Waals surface area contributed by atoms with Crippen LogP contribution in [-0.4, -0.2) is 24.5 Å². The first-order valence-corrected chi connectivity index (χ1v) is 6.27. The number of nitrogen functional groups attached to an aromatic ring is 1. The molecule has 0 saturated carbocycles. The molecule has 0 unspecified atom stereocenters. The smallest absolute Gasteiger partial charge is 0.310 e. The molecule has 0 aliphatic heterocycles. The Balaban J connectivity index is 2.27. The van der Waals surface area contributed by atoms with Crippen LogP contribution in [-0.2, 0) is 20.7 Å². The molecular weight excluding hydrogens is 244 g/mol. The van der Waals surface area contributed by atoms with Crippen LogP contribution in [0.2, 0.25) is 0 Å². The van der Waals surface area contributed by atoms with E-state index in [0.717, 1.165) is 5.56 Å². The number of esters is 1. The van der Waals surface area contributed by atoms with E-state index in [1.54, 1.807) is 18.2 Å². The fourth-order valence-electron chi connectivity index (χ4n) is 1.57. The first kappa shape index (κ1) is 15.0. The van der Waals surface area contributed by atoms with Gasteiger partial charge < -0.3 is 15.8 Å². The van der Waals surface area contributed by atoms with Crippen LogP contribution in [0.5, 0.6) is 0 Å². The standard InChI is InChI=1S/C14H20N2O3/c1-10(2)16-13(17)6-7-19-14(18)9-11-4-3-5-12(15)8-11/h3-5,8,10H,6-7,9,15H2,1-2H3,(H,16,17). The fraction of sp³-hybridized carbons (Fsp3) is 0.429. The van der Waals surface area contributed by atoms with Crippen molar-refractivity contribution >= 4 is 17.6 Å². The van der Waals surface area contributed by atoms with Crippen LogP contribution in [0.1, 0.15) is 25.8 Å². The highest BCUT2D eigenvalue weighted by Gasteiger charge is 2.07. The number of carbonyl (C=O) groups is 2. The first-order valence-electron chi connectivity index (χ1n) is 6.27. The van der Waals surface area contributed by atoms with Crippen LogP contribution in [0, 0.1) is 0 Å². The molecule has 104 valence electrons. The quantitative estimate of drug-likeness (QED) is 0.599. The molecule has 0 atom stereocenters. The summed E-state index contributed by atoms with van der Waals surface area (Å²) in [7, 11) is 0. The Morgan fingerprint density at radius 3 is 2.74 bits per heavy atom. The normalized spacial score (nSPS) is 10.3. The van der Waals surface area contributed by atoms with Gasteiger partial charge in [0, 0.05) is 11.7 Å². The second kappa shape index (κ2) is 7.41. The third kappa shape index (κ3) is 6.45. The van der Waals surface area contributed by atoms with E-state index in [4.69, 9.17) is 10.5 Å². The summed E-state index contributed by atoms with van der Waals surface area (Å²) >= 11 is 0. The first-order chi connectivity index (χ1) is 8.97. The van der Waals surface area contributed by atoms with Crippen molar-refractivity contribution in [1.82, 2.24) is 5.32 Å². The molecule has 0 aromatic heterocycles. The Kier molecular flexibility index (Phi) is 5.85. The second-order valence-corrected chi connectivity index (χ2v) is 4.61. The summed E-state index contributed by atoms with van der Waals surface area (Å²) in [6, 6.07) is 7.17. The van der Waals surface area contributed by atoms with Crippen molar-refractivity contribution in [3.63, 3.8) is 0 Å². The Hall–Kier alpha value is -2.04. The number of benzene rings is 1. The second-order valence-electron chi connectivity index (χ2n) is 4.61. The largest absolute Gasteiger partial charge is 0.465 e.